The molecule has 0 unspecified atom stereocenters. The van der Waals surface area contributed by atoms with Crippen molar-refractivity contribution in [2.75, 3.05) is 6.61 Å². The number of nitrogens with zero attached hydrogens (tertiary/aromatic N) is 3. The van der Waals surface area contributed by atoms with Gasteiger partial charge in [0.15, 0.2) is 11.5 Å². The fraction of sp³-hybridized carbons (Fsp3) is 0.192. The maximum atomic E-state index is 13.2. The van der Waals surface area contributed by atoms with Crippen molar-refractivity contribution in [3.8, 4) is 11.5 Å². The lowest BCUT2D eigenvalue weighted by Crippen LogP contribution is -2.22. The monoisotopic (exact) mass is 649 g/mol. The van der Waals surface area contributed by atoms with E-state index in [9.17, 15) is 9.18 Å². The van der Waals surface area contributed by atoms with E-state index in [-0.39, 0.29) is 18.0 Å². The second kappa shape index (κ2) is 11.3. The van der Waals surface area contributed by atoms with E-state index in [1.54, 1.807) is 24.4 Å². The molecule has 9 heteroatoms. The van der Waals surface area contributed by atoms with Crippen molar-refractivity contribution in [1.82, 2.24) is 9.66 Å². The van der Waals surface area contributed by atoms with Crippen molar-refractivity contribution in [2.45, 2.75) is 26.9 Å². The summed E-state index contributed by atoms with van der Waals surface area (Å²) in [6.45, 7) is 4.55. The summed E-state index contributed by atoms with van der Waals surface area (Å²) in [6, 6.07) is 15.3. The summed E-state index contributed by atoms with van der Waals surface area (Å²) < 4.78 is 28.0. The van der Waals surface area contributed by atoms with Crippen LogP contribution >= 0.6 is 38.5 Å². The Morgan fingerprint density at radius 3 is 2.60 bits per heavy atom. The van der Waals surface area contributed by atoms with Gasteiger partial charge in [0.25, 0.3) is 5.56 Å². The Balaban J connectivity index is 1.67. The molecule has 4 rings (SSSR count). The molecule has 0 atom stereocenters. The highest BCUT2D eigenvalue weighted by molar-refractivity contribution is 14.1. The lowest BCUT2D eigenvalue weighted by atomic mass is 10.2. The predicted molar refractivity (Wildman–Crippen MR) is 147 cm³/mol. The smallest absolute Gasteiger partial charge is 0.282 e. The van der Waals surface area contributed by atoms with Gasteiger partial charge in [-0.25, -0.2) is 9.37 Å². The summed E-state index contributed by atoms with van der Waals surface area (Å²) >= 11 is 5.59. The number of benzene rings is 3. The number of aryl methyl sites for hydroxylation is 1. The Hall–Kier alpha value is -2.79. The number of hydrogen-bond donors (Lipinski definition) is 0. The fourth-order valence-corrected chi connectivity index (χ4v) is 4.61. The van der Waals surface area contributed by atoms with Crippen LogP contribution in [-0.4, -0.2) is 22.5 Å². The highest BCUT2D eigenvalue weighted by atomic mass is 127. The van der Waals surface area contributed by atoms with Crippen LogP contribution in [0.1, 0.15) is 30.8 Å². The van der Waals surface area contributed by atoms with Gasteiger partial charge >= 0.3 is 0 Å². The molecule has 0 spiro atoms. The van der Waals surface area contributed by atoms with Crippen LogP contribution in [0.3, 0.4) is 0 Å². The van der Waals surface area contributed by atoms with Crippen LogP contribution in [0.15, 0.2) is 69.0 Å². The Morgan fingerprint density at radius 2 is 1.89 bits per heavy atom. The number of ether oxygens (including phenoxy) is 2. The fourth-order valence-electron chi connectivity index (χ4n) is 3.47. The molecular formula is C26H22BrFIN3O3. The second-order valence-corrected chi connectivity index (χ2v) is 9.66. The van der Waals surface area contributed by atoms with Gasteiger partial charge in [0.2, 0.25) is 0 Å². The van der Waals surface area contributed by atoms with Crippen LogP contribution in [-0.2, 0) is 13.0 Å². The van der Waals surface area contributed by atoms with Gasteiger partial charge in [0.05, 0.1) is 27.3 Å². The molecule has 1 heterocycles. The van der Waals surface area contributed by atoms with Gasteiger partial charge in [-0.1, -0.05) is 35.0 Å². The molecule has 1 aromatic heterocycles. The molecule has 35 heavy (non-hydrogen) atoms. The van der Waals surface area contributed by atoms with E-state index in [1.165, 1.54) is 16.8 Å². The van der Waals surface area contributed by atoms with E-state index in [0.717, 1.165) is 19.2 Å². The summed E-state index contributed by atoms with van der Waals surface area (Å²) in [6.07, 6.45) is 2.16. The number of fused-ring (bicyclic) bond motifs is 1. The molecule has 180 valence electrons. The SMILES string of the molecule is CCOc1cc(C=Nn2c(CC)nc3ccc(Br)cc3c2=O)cc(I)c1OCc1ccc(F)cc1. The molecule has 0 aliphatic carbocycles. The number of halogens is 3. The molecule has 0 saturated carbocycles. The zero-order valence-corrected chi connectivity index (χ0v) is 22.8. The van der Waals surface area contributed by atoms with Gasteiger partial charge in [-0.2, -0.15) is 9.78 Å². The third-order valence-electron chi connectivity index (χ3n) is 5.14. The highest BCUT2D eigenvalue weighted by Gasteiger charge is 2.13. The van der Waals surface area contributed by atoms with Gasteiger partial charge in [-0.3, -0.25) is 4.79 Å². The summed E-state index contributed by atoms with van der Waals surface area (Å²) in [5.74, 6) is 1.44. The van der Waals surface area contributed by atoms with E-state index in [1.807, 2.05) is 38.1 Å². The normalized spacial score (nSPS) is 11.3. The van der Waals surface area contributed by atoms with Crippen LogP contribution in [0, 0.1) is 9.39 Å². The molecule has 0 fully saturated rings. The first kappa shape index (κ1) is 25.3. The molecular weight excluding hydrogens is 628 g/mol. The van der Waals surface area contributed by atoms with E-state index in [2.05, 4.69) is 48.6 Å². The van der Waals surface area contributed by atoms with Crippen molar-refractivity contribution in [1.29, 1.82) is 0 Å². The molecule has 0 N–H and O–H groups in total. The van der Waals surface area contributed by atoms with Gasteiger partial charge in [0.1, 0.15) is 18.2 Å². The highest BCUT2D eigenvalue weighted by Crippen LogP contribution is 2.34. The summed E-state index contributed by atoms with van der Waals surface area (Å²) in [7, 11) is 0. The number of hydrogen-bond acceptors (Lipinski definition) is 5. The van der Waals surface area contributed by atoms with Crippen molar-refractivity contribution in [3.05, 3.63) is 95.8 Å². The van der Waals surface area contributed by atoms with Crippen molar-refractivity contribution < 1.29 is 13.9 Å². The molecule has 0 saturated heterocycles. The predicted octanol–water partition coefficient (Wildman–Crippen LogP) is 6.33. The Morgan fingerprint density at radius 1 is 1.11 bits per heavy atom. The van der Waals surface area contributed by atoms with Crippen LogP contribution in [0.4, 0.5) is 4.39 Å². The summed E-state index contributed by atoms with van der Waals surface area (Å²) in [5.41, 5.74) is 1.99. The third-order valence-corrected chi connectivity index (χ3v) is 6.44. The first-order valence-corrected chi connectivity index (χ1v) is 12.9. The molecule has 3 aromatic carbocycles. The zero-order valence-electron chi connectivity index (χ0n) is 19.1. The minimum atomic E-state index is -0.290. The average molecular weight is 650 g/mol. The van der Waals surface area contributed by atoms with Gasteiger partial charge in [0, 0.05) is 10.9 Å². The van der Waals surface area contributed by atoms with E-state index < -0.39 is 0 Å². The largest absolute Gasteiger partial charge is 0.490 e. The summed E-state index contributed by atoms with van der Waals surface area (Å²) in [4.78, 5) is 17.7. The topological polar surface area (TPSA) is 65.7 Å². The van der Waals surface area contributed by atoms with Gasteiger partial charge in [-0.05, 0) is 83.1 Å². The maximum Gasteiger partial charge on any atom is 0.282 e. The lowest BCUT2D eigenvalue weighted by Gasteiger charge is -2.15. The minimum Gasteiger partial charge on any atom is -0.490 e. The number of aromatic nitrogens is 2. The third kappa shape index (κ3) is 5.90. The summed E-state index contributed by atoms with van der Waals surface area (Å²) in [5, 5.41) is 4.96. The molecule has 0 amide bonds. The number of rotatable bonds is 8. The van der Waals surface area contributed by atoms with Gasteiger partial charge in [-0.15, -0.1) is 0 Å². The minimum absolute atomic E-state index is 0.233. The molecule has 4 aromatic rings. The standard InChI is InChI=1S/C26H22BrFIN3O3/c1-3-24-31-22-10-7-18(27)13-20(22)26(33)32(24)30-14-17-11-21(29)25(23(12-17)34-4-2)35-15-16-5-8-19(28)9-6-16/h5-14H,3-4,15H2,1-2H3. The first-order valence-electron chi connectivity index (χ1n) is 11.0. The average Bonchev–Trinajstić information content (AvgIpc) is 2.84. The Kier molecular flexibility index (Phi) is 8.17. The molecule has 0 aliphatic heterocycles. The van der Waals surface area contributed by atoms with E-state index in [0.29, 0.717) is 41.3 Å². The molecule has 0 radical (unpaired) electrons. The van der Waals surface area contributed by atoms with Gasteiger partial charge < -0.3 is 9.47 Å². The van der Waals surface area contributed by atoms with Crippen molar-refractivity contribution in [3.63, 3.8) is 0 Å². The Labute approximate surface area is 224 Å². The molecule has 0 bridgehead atoms. The van der Waals surface area contributed by atoms with E-state index in [4.69, 9.17) is 9.47 Å². The van der Waals surface area contributed by atoms with Crippen molar-refractivity contribution in [2.24, 2.45) is 5.10 Å². The maximum absolute atomic E-state index is 13.2. The quantitative estimate of drug-likeness (QED) is 0.165. The van der Waals surface area contributed by atoms with Crippen molar-refractivity contribution >= 4 is 55.6 Å². The van der Waals surface area contributed by atoms with Crippen LogP contribution in [0.25, 0.3) is 10.9 Å². The first-order chi connectivity index (χ1) is 16.9. The van der Waals surface area contributed by atoms with E-state index >= 15 is 0 Å². The van der Waals surface area contributed by atoms with Crippen LogP contribution in [0.5, 0.6) is 11.5 Å². The lowest BCUT2D eigenvalue weighted by molar-refractivity contribution is 0.267. The van der Waals surface area contributed by atoms with Crippen LogP contribution < -0.4 is 15.0 Å². The zero-order chi connectivity index (χ0) is 24.9. The van der Waals surface area contributed by atoms with Crippen LogP contribution in [0.2, 0.25) is 0 Å². The Bertz CT molecular complexity index is 1460. The molecule has 6 nitrogen and oxygen atoms in total. The second-order valence-electron chi connectivity index (χ2n) is 7.58. The molecule has 0 aliphatic rings.